The van der Waals surface area contributed by atoms with Crippen LogP contribution in [0.3, 0.4) is 0 Å². The molecule has 0 aliphatic rings. The van der Waals surface area contributed by atoms with E-state index in [1.807, 2.05) is 0 Å². The second-order valence-electron chi connectivity index (χ2n) is 3.53. The number of carbonyl (C=O) groups is 1. The van der Waals surface area contributed by atoms with Crippen molar-refractivity contribution in [1.29, 1.82) is 0 Å². The van der Waals surface area contributed by atoms with E-state index in [0.717, 1.165) is 0 Å². The molecule has 98 valence electrons. The number of aromatic carboxylic acids is 1. The highest BCUT2D eigenvalue weighted by molar-refractivity contribution is 6.33. The zero-order valence-corrected chi connectivity index (χ0v) is 11.0. The van der Waals surface area contributed by atoms with Crippen molar-refractivity contribution in [2.45, 2.75) is 6.61 Å². The van der Waals surface area contributed by atoms with Gasteiger partial charge in [-0.1, -0.05) is 23.2 Å². The lowest BCUT2D eigenvalue weighted by Crippen LogP contribution is -2.08. The molecule has 1 aromatic heterocycles. The Morgan fingerprint density at radius 1 is 1.26 bits per heavy atom. The van der Waals surface area contributed by atoms with Crippen LogP contribution in [-0.2, 0) is 6.61 Å². The molecule has 0 atom stereocenters. The predicted molar refractivity (Wildman–Crippen MR) is 69.8 cm³/mol. The van der Waals surface area contributed by atoms with Gasteiger partial charge in [-0.3, -0.25) is 0 Å². The predicted octanol–water partition coefficient (Wildman–Crippen LogP) is 3.06. The third-order valence-corrected chi connectivity index (χ3v) is 2.71. The Hall–Kier alpha value is -1.85. The van der Waals surface area contributed by atoms with Crippen LogP contribution < -0.4 is 4.74 Å². The van der Waals surface area contributed by atoms with Crippen LogP contribution in [0.1, 0.15) is 16.3 Å². The lowest BCUT2D eigenvalue weighted by molar-refractivity contribution is 0.0689. The quantitative estimate of drug-likeness (QED) is 0.939. The summed E-state index contributed by atoms with van der Waals surface area (Å²) in [6.45, 7) is 0.0408. The molecular formula is C12H8Cl2N2O3. The molecular weight excluding hydrogens is 291 g/mol. The Kier molecular flexibility index (Phi) is 4.19. The van der Waals surface area contributed by atoms with E-state index < -0.39 is 5.97 Å². The molecule has 1 aromatic carbocycles. The first kappa shape index (κ1) is 13.6. The van der Waals surface area contributed by atoms with Crippen LogP contribution in [-0.4, -0.2) is 21.0 Å². The van der Waals surface area contributed by atoms with Crippen molar-refractivity contribution < 1.29 is 14.6 Å². The van der Waals surface area contributed by atoms with E-state index in [1.54, 1.807) is 24.3 Å². The van der Waals surface area contributed by atoms with E-state index in [-0.39, 0.29) is 23.1 Å². The highest BCUT2D eigenvalue weighted by Crippen LogP contribution is 2.17. The second-order valence-corrected chi connectivity index (χ2v) is 4.37. The van der Waals surface area contributed by atoms with Crippen molar-refractivity contribution in [3.05, 3.63) is 52.0 Å². The number of halogens is 2. The SMILES string of the molecule is O=C(O)c1nc(COc2ccc(Cl)cc2)ncc1Cl. The lowest BCUT2D eigenvalue weighted by Gasteiger charge is -2.06. The average molecular weight is 299 g/mol. The molecule has 7 heteroatoms. The lowest BCUT2D eigenvalue weighted by atomic mass is 10.3. The topological polar surface area (TPSA) is 72.3 Å². The molecule has 0 amide bonds. The van der Waals surface area contributed by atoms with Crippen LogP contribution >= 0.6 is 23.2 Å². The van der Waals surface area contributed by atoms with Gasteiger partial charge in [-0.25, -0.2) is 14.8 Å². The Bertz CT molecular complexity index is 602. The van der Waals surface area contributed by atoms with Gasteiger partial charge in [0.2, 0.25) is 0 Å². The van der Waals surface area contributed by atoms with Crippen LogP contribution in [0.4, 0.5) is 0 Å². The van der Waals surface area contributed by atoms with Gasteiger partial charge in [0.15, 0.2) is 11.5 Å². The summed E-state index contributed by atoms with van der Waals surface area (Å²) < 4.78 is 5.40. The average Bonchev–Trinajstić information content (AvgIpc) is 2.39. The molecule has 0 saturated carbocycles. The van der Waals surface area contributed by atoms with Gasteiger partial charge in [0.1, 0.15) is 12.4 Å². The van der Waals surface area contributed by atoms with E-state index in [0.29, 0.717) is 10.8 Å². The first-order valence-electron chi connectivity index (χ1n) is 5.19. The number of ether oxygens (including phenoxy) is 1. The maximum Gasteiger partial charge on any atom is 0.356 e. The molecule has 0 saturated heterocycles. The molecule has 0 fully saturated rings. The van der Waals surface area contributed by atoms with E-state index in [9.17, 15) is 4.79 Å². The molecule has 1 N–H and O–H groups in total. The molecule has 0 unspecified atom stereocenters. The largest absolute Gasteiger partial charge is 0.486 e. The summed E-state index contributed by atoms with van der Waals surface area (Å²) in [5, 5.41) is 9.46. The van der Waals surface area contributed by atoms with Crippen LogP contribution in [0.15, 0.2) is 30.5 Å². The van der Waals surface area contributed by atoms with Gasteiger partial charge in [-0.05, 0) is 24.3 Å². The Morgan fingerprint density at radius 2 is 1.95 bits per heavy atom. The fourth-order valence-corrected chi connectivity index (χ4v) is 1.60. The maximum atomic E-state index is 10.9. The van der Waals surface area contributed by atoms with E-state index in [4.69, 9.17) is 33.0 Å². The highest BCUT2D eigenvalue weighted by atomic mass is 35.5. The third kappa shape index (κ3) is 3.56. The number of carboxylic acids is 1. The first-order chi connectivity index (χ1) is 9.06. The summed E-state index contributed by atoms with van der Waals surface area (Å²) in [4.78, 5) is 18.6. The van der Waals surface area contributed by atoms with Gasteiger partial charge in [0, 0.05) is 5.02 Å². The van der Waals surface area contributed by atoms with Crippen molar-refractivity contribution in [3.63, 3.8) is 0 Å². The van der Waals surface area contributed by atoms with E-state index in [1.165, 1.54) is 6.20 Å². The molecule has 2 rings (SSSR count). The number of aromatic nitrogens is 2. The number of carboxylic acid groups (broad SMARTS) is 1. The summed E-state index contributed by atoms with van der Waals surface area (Å²) in [6, 6.07) is 6.75. The normalized spacial score (nSPS) is 10.2. The van der Waals surface area contributed by atoms with Gasteiger partial charge < -0.3 is 9.84 Å². The Labute approximate surface area is 118 Å². The third-order valence-electron chi connectivity index (χ3n) is 2.18. The molecule has 0 bridgehead atoms. The molecule has 0 aliphatic carbocycles. The number of benzene rings is 1. The van der Waals surface area contributed by atoms with Gasteiger partial charge in [0.05, 0.1) is 11.2 Å². The standard InChI is InChI=1S/C12H8Cl2N2O3/c13-7-1-3-8(4-2-7)19-6-10-15-5-9(14)11(16-10)12(17)18/h1-5H,6H2,(H,17,18). The molecule has 19 heavy (non-hydrogen) atoms. The minimum absolute atomic E-state index is 0.0113. The van der Waals surface area contributed by atoms with Crippen LogP contribution in [0, 0.1) is 0 Å². The molecule has 2 aromatic rings. The molecule has 5 nitrogen and oxygen atoms in total. The summed E-state index contributed by atoms with van der Waals surface area (Å²) in [5.74, 6) is -0.392. The minimum atomic E-state index is -1.21. The monoisotopic (exact) mass is 298 g/mol. The molecule has 0 aliphatic heterocycles. The fourth-order valence-electron chi connectivity index (χ4n) is 1.30. The highest BCUT2D eigenvalue weighted by Gasteiger charge is 2.12. The zero-order valence-electron chi connectivity index (χ0n) is 9.51. The maximum absolute atomic E-state index is 10.9. The molecule has 1 heterocycles. The smallest absolute Gasteiger partial charge is 0.356 e. The van der Waals surface area contributed by atoms with Crippen LogP contribution in [0.2, 0.25) is 10.0 Å². The summed E-state index contributed by atoms with van der Waals surface area (Å²) >= 11 is 11.4. The van der Waals surface area contributed by atoms with Crippen molar-refractivity contribution in [2.24, 2.45) is 0 Å². The number of rotatable bonds is 4. The second kappa shape index (κ2) is 5.86. The zero-order chi connectivity index (χ0) is 13.8. The Morgan fingerprint density at radius 3 is 2.58 bits per heavy atom. The number of hydrogen-bond acceptors (Lipinski definition) is 4. The van der Waals surface area contributed by atoms with Crippen LogP contribution in [0.5, 0.6) is 5.75 Å². The van der Waals surface area contributed by atoms with Crippen molar-refractivity contribution in [1.82, 2.24) is 9.97 Å². The van der Waals surface area contributed by atoms with Gasteiger partial charge >= 0.3 is 5.97 Å². The van der Waals surface area contributed by atoms with Crippen molar-refractivity contribution in [2.75, 3.05) is 0 Å². The molecule has 0 spiro atoms. The number of nitrogens with zero attached hydrogens (tertiary/aromatic N) is 2. The van der Waals surface area contributed by atoms with Gasteiger partial charge in [-0.15, -0.1) is 0 Å². The van der Waals surface area contributed by atoms with Crippen molar-refractivity contribution in [3.8, 4) is 5.75 Å². The summed E-state index contributed by atoms with van der Waals surface area (Å²) in [6.07, 6.45) is 1.23. The van der Waals surface area contributed by atoms with Gasteiger partial charge in [0.25, 0.3) is 0 Å². The fraction of sp³-hybridized carbons (Fsp3) is 0.0833. The summed E-state index contributed by atoms with van der Waals surface area (Å²) in [5.41, 5.74) is -0.244. The Balaban J connectivity index is 2.09. The molecule has 0 radical (unpaired) electrons. The minimum Gasteiger partial charge on any atom is -0.486 e. The first-order valence-corrected chi connectivity index (χ1v) is 5.95. The summed E-state index contributed by atoms with van der Waals surface area (Å²) in [7, 11) is 0. The van der Waals surface area contributed by atoms with Gasteiger partial charge in [-0.2, -0.15) is 0 Å². The van der Waals surface area contributed by atoms with E-state index >= 15 is 0 Å². The van der Waals surface area contributed by atoms with E-state index in [2.05, 4.69) is 9.97 Å². The van der Waals surface area contributed by atoms with Crippen LogP contribution in [0.25, 0.3) is 0 Å². The van der Waals surface area contributed by atoms with Crippen molar-refractivity contribution >= 4 is 29.2 Å². The number of hydrogen-bond donors (Lipinski definition) is 1.